The van der Waals surface area contributed by atoms with Gasteiger partial charge in [-0.05, 0) is 43.3 Å². The van der Waals surface area contributed by atoms with Crippen LogP contribution in [-0.2, 0) is 17.1 Å². The maximum atomic E-state index is 12.3. The second-order valence-electron chi connectivity index (χ2n) is 4.67. The van der Waals surface area contributed by atoms with Crippen LogP contribution in [0.1, 0.15) is 4.88 Å². The van der Waals surface area contributed by atoms with Gasteiger partial charge in [0.15, 0.2) is 0 Å². The van der Waals surface area contributed by atoms with Gasteiger partial charge in [0.25, 0.3) is 10.0 Å². The Balaban J connectivity index is 1.96. The average Bonchev–Trinajstić information content (AvgIpc) is 2.96. The van der Waals surface area contributed by atoms with E-state index in [2.05, 4.69) is 4.72 Å². The van der Waals surface area contributed by atoms with Gasteiger partial charge in [-0.2, -0.15) is 0 Å². The van der Waals surface area contributed by atoms with Crippen LogP contribution >= 0.6 is 11.3 Å². The maximum absolute atomic E-state index is 12.3. The molecule has 104 valence electrons. The van der Waals surface area contributed by atoms with Crippen molar-refractivity contribution in [3.63, 3.8) is 0 Å². The molecule has 0 amide bonds. The highest BCUT2D eigenvalue weighted by Crippen LogP contribution is 2.25. The summed E-state index contributed by atoms with van der Waals surface area (Å²) in [4.78, 5) is 0.976. The molecule has 3 rings (SSSR count). The number of nitrogens with one attached hydrogen (secondary N) is 1. The molecule has 0 radical (unpaired) electrons. The largest absolute Gasteiger partial charge is 0.351 e. The van der Waals surface area contributed by atoms with Gasteiger partial charge in [0.05, 0.1) is 0 Å². The minimum atomic E-state index is -3.49. The lowest BCUT2D eigenvalue weighted by Crippen LogP contribution is -2.11. The van der Waals surface area contributed by atoms with Gasteiger partial charge < -0.3 is 4.57 Å². The zero-order valence-corrected chi connectivity index (χ0v) is 12.8. The first-order chi connectivity index (χ1) is 9.45. The molecule has 0 atom stereocenters. The van der Waals surface area contributed by atoms with E-state index >= 15 is 0 Å². The van der Waals surface area contributed by atoms with Gasteiger partial charge >= 0.3 is 0 Å². The number of hydrogen-bond acceptors (Lipinski definition) is 3. The molecule has 0 fully saturated rings. The number of anilines is 1. The van der Waals surface area contributed by atoms with Gasteiger partial charge in [0, 0.05) is 34.7 Å². The Morgan fingerprint density at radius 2 is 1.95 bits per heavy atom. The minimum absolute atomic E-state index is 0.336. The van der Waals surface area contributed by atoms with Crippen molar-refractivity contribution in [2.24, 2.45) is 7.05 Å². The zero-order valence-electron chi connectivity index (χ0n) is 11.1. The van der Waals surface area contributed by atoms with E-state index in [1.54, 1.807) is 18.2 Å². The SMILES string of the molecule is Cc1ccc(S(=O)(=O)Nc2ccc3c(ccn3C)c2)s1. The van der Waals surface area contributed by atoms with Crippen LogP contribution in [0.4, 0.5) is 5.69 Å². The third-order valence-corrected chi connectivity index (χ3v) is 5.99. The lowest BCUT2D eigenvalue weighted by Gasteiger charge is -2.06. The molecule has 1 N–H and O–H groups in total. The summed E-state index contributed by atoms with van der Waals surface area (Å²) in [5, 5.41) is 1.01. The van der Waals surface area contributed by atoms with Crippen molar-refractivity contribution >= 4 is 38.0 Å². The molecule has 0 saturated carbocycles. The molecule has 0 aliphatic rings. The van der Waals surface area contributed by atoms with Gasteiger partial charge in [-0.25, -0.2) is 8.42 Å². The van der Waals surface area contributed by atoms with Crippen molar-refractivity contribution in [1.29, 1.82) is 0 Å². The average molecular weight is 306 g/mol. The third kappa shape index (κ3) is 2.32. The second kappa shape index (κ2) is 4.64. The maximum Gasteiger partial charge on any atom is 0.271 e. The first-order valence-electron chi connectivity index (χ1n) is 6.10. The Hall–Kier alpha value is -1.79. The van der Waals surface area contributed by atoms with E-state index in [4.69, 9.17) is 0 Å². The zero-order chi connectivity index (χ0) is 14.3. The molecule has 1 aromatic carbocycles. The molecule has 0 spiro atoms. The molecule has 0 aliphatic heterocycles. The monoisotopic (exact) mass is 306 g/mol. The molecule has 2 heterocycles. The molecule has 0 aliphatic carbocycles. The number of aryl methyl sites for hydroxylation is 2. The van der Waals surface area contributed by atoms with Gasteiger partial charge in [-0.1, -0.05) is 0 Å². The van der Waals surface area contributed by atoms with Crippen LogP contribution in [-0.4, -0.2) is 13.0 Å². The first-order valence-corrected chi connectivity index (χ1v) is 8.40. The van der Waals surface area contributed by atoms with Crippen LogP contribution in [0.15, 0.2) is 46.8 Å². The van der Waals surface area contributed by atoms with Gasteiger partial charge in [-0.15, -0.1) is 11.3 Å². The molecule has 0 saturated heterocycles. The summed E-state index contributed by atoms with van der Waals surface area (Å²) < 4.78 is 29.5. The summed E-state index contributed by atoms with van der Waals surface area (Å²) >= 11 is 1.27. The molecule has 6 heteroatoms. The topological polar surface area (TPSA) is 51.1 Å². The second-order valence-corrected chi connectivity index (χ2v) is 7.87. The highest BCUT2D eigenvalue weighted by atomic mass is 32.2. The van der Waals surface area contributed by atoms with Gasteiger partial charge in [-0.3, -0.25) is 4.72 Å². The minimum Gasteiger partial charge on any atom is -0.351 e. The van der Waals surface area contributed by atoms with Crippen LogP contribution in [0.25, 0.3) is 10.9 Å². The van der Waals surface area contributed by atoms with Crippen molar-refractivity contribution in [3.05, 3.63) is 47.5 Å². The van der Waals surface area contributed by atoms with Crippen LogP contribution in [0, 0.1) is 6.92 Å². The number of hydrogen-bond donors (Lipinski definition) is 1. The fourth-order valence-corrected chi connectivity index (χ4v) is 4.44. The van der Waals surface area contributed by atoms with E-state index in [0.717, 1.165) is 15.8 Å². The van der Waals surface area contributed by atoms with E-state index in [0.29, 0.717) is 9.90 Å². The molecule has 3 aromatic rings. The summed E-state index contributed by atoms with van der Waals surface area (Å²) in [5.41, 5.74) is 1.65. The Morgan fingerprint density at radius 1 is 1.15 bits per heavy atom. The first kappa shape index (κ1) is 13.2. The number of aromatic nitrogens is 1. The number of fused-ring (bicyclic) bond motifs is 1. The Bertz CT molecular complexity index is 876. The fourth-order valence-electron chi connectivity index (χ4n) is 2.11. The molecule has 4 nitrogen and oxygen atoms in total. The highest BCUT2D eigenvalue weighted by molar-refractivity contribution is 7.94. The van der Waals surface area contributed by atoms with E-state index in [-0.39, 0.29) is 0 Å². The predicted octanol–water partition coefficient (Wildman–Crippen LogP) is 3.35. The van der Waals surface area contributed by atoms with E-state index < -0.39 is 10.0 Å². The Morgan fingerprint density at radius 3 is 2.65 bits per heavy atom. The lowest BCUT2D eigenvalue weighted by atomic mass is 10.2. The van der Waals surface area contributed by atoms with Crippen LogP contribution < -0.4 is 4.72 Å². The Kier molecular flexibility index (Phi) is 3.07. The van der Waals surface area contributed by atoms with Gasteiger partial charge in [0.1, 0.15) is 4.21 Å². The molecular weight excluding hydrogens is 292 g/mol. The summed E-state index contributed by atoms with van der Waals surface area (Å²) in [6.45, 7) is 1.89. The lowest BCUT2D eigenvalue weighted by molar-refractivity contribution is 0.603. The summed E-state index contributed by atoms with van der Waals surface area (Å²) in [5.74, 6) is 0. The number of benzene rings is 1. The number of sulfonamides is 1. The van der Waals surface area contributed by atoms with Crippen molar-refractivity contribution in [2.45, 2.75) is 11.1 Å². The number of nitrogens with zero attached hydrogens (tertiary/aromatic N) is 1. The predicted molar refractivity (Wildman–Crippen MR) is 82.8 cm³/mol. The molecule has 0 unspecified atom stereocenters. The van der Waals surface area contributed by atoms with Crippen LogP contribution in [0.2, 0.25) is 0 Å². The summed E-state index contributed by atoms with van der Waals surface area (Å²) in [6.07, 6.45) is 1.95. The summed E-state index contributed by atoms with van der Waals surface area (Å²) in [6, 6.07) is 10.9. The number of rotatable bonds is 3. The van der Waals surface area contributed by atoms with E-state index in [1.165, 1.54) is 11.3 Å². The van der Waals surface area contributed by atoms with Crippen molar-refractivity contribution in [2.75, 3.05) is 4.72 Å². The Labute approximate surface area is 121 Å². The van der Waals surface area contributed by atoms with Crippen LogP contribution in [0.3, 0.4) is 0 Å². The third-order valence-electron chi connectivity index (χ3n) is 3.12. The standard InChI is InChI=1S/C14H14N2O2S2/c1-10-3-6-14(19-10)20(17,18)15-12-4-5-13-11(9-12)7-8-16(13)2/h3-9,15H,1-2H3. The normalized spacial score (nSPS) is 11.9. The van der Waals surface area contributed by atoms with Gasteiger partial charge in [0.2, 0.25) is 0 Å². The van der Waals surface area contributed by atoms with Crippen molar-refractivity contribution < 1.29 is 8.42 Å². The number of thiophene rings is 1. The highest BCUT2D eigenvalue weighted by Gasteiger charge is 2.16. The van der Waals surface area contributed by atoms with E-state index in [1.807, 2.05) is 42.9 Å². The summed E-state index contributed by atoms with van der Waals surface area (Å²) in [7, 11) is -1.53. The van der Waals surface area contributed by atoms with E-state index in [9.17, 15) is 8.42 Å². The van der Waals surface area contributed by atoms with Crippen molar-refractivity contribution in [3.8, 4) is 0 Å². The molecule has 20 heavy (non-hydrogen) atoms. The smallest absolute Gasteiger partial charge is 0.271 e. The molecule has 2 aromatic heterocycles. The molecule has 0 bridgehead atoms. The molecular formula is C14H14N2O2S2. The fraction of sp³-hybridized carbons (Fsp3) is 0.143. The van der Waals surface area contributed by atoms with Crippen LogP contribution in [0.5, 0.6) is 0 Å². The quantitative estimate of drug-likeness (QED) is 0.807. The van der Waals surface area contributed by atoms with Crippen molar-refractivity contribution in [1.82, 2.24) is 4.57 Å².